The molecule has 0 amide bonds. The highest BCUT2D eigenvalue weighted by molar-refractivity contribution is 5.76. The zero-order valence-corrected chi connectivity index (χ0v) is 12.8. The molecule has 4 aromatic rings. The maximum absolute atomic E-state index is 10.7. The average Bonchev–Trinajstić information content (AvgIpc) is 3.31. The maximum Gasteiger partial charge on any atom is 0.152 e. The van der Waals surface area contributed by atoms with E-state index in [-0.39, 0.29) is 6.04 Å². The van der Waals surface area contributed by atoms with Gasteiger partial charge in [0.05, 0.1) is 48.5 Å². The first-order valence-electron chi connectivity index (χ1n) is 7.93. The van der Waals surface area contributed by atoms with Crippen LogP contribution in [0.1, 0.15) is 29.8 Å². The summed E-state index contributed by atoms with van der Waals surface area (Å²) in [6.07, 6.45) is 6.90. The van der Waals surface area contributed by atoms with Crippen molar-refractivity contribution in [1.82, 2.24) is 14.5 Å². The van der Waals surface area contributed by atoms with Crippen molar-refractivity contribution < 1.29 is 9.52 Å². The van der Waals surface area contributed by atoms with E-state index in [2.05, 4.69) is 26.7 Å². The SMILES string of the molecule is OC(CC1c2ccccc2-c2cncn21)c1cc2ccoc2cn1. The molecule has 2 atom stereocenters. The zero-order valence-electron chi connectivity index (χ0n) is 12.8. The molecule has 3 aromatic heterocycles. The Morgan fingerprint density at radius 3 is 3.08 bits per heavy atom. The second-order valence-corrected chi connectivity index (χ2v) is 6.11. The number of pyridine rings is 1. The second kappa shape index (κ2) is 5.04. The van der Waals surface area contributed by atoms with Gasteiger partial charge in [0.2, 0.25) is 0 Å². The third-order valence-corrected chi connectivity index (χ3v) is 4.75. The molecule has 0 saturated heterocycles. The van der Waals surface area contributed by atoms with E-state index in [0.29, 0.717) is 12.1 Å². The van der Waals surface area contributed by atoms with E-state index in [1.54, 1.807) is 12.5 Å². The molecule has 0 bridgehead atoms. The van der Waals surface area contributed by atoms with Gasteiger partial charge in [0.25, 0.3) is 0 Å². The van der Waals surface area contributed by atoms with Crippen LogP contribution in [-0.4, -0.2) is 19.6 Å². The number of nitrogens with zero attached hydrogens (tertiary/aromatic N) is 3. The first-order chi connectivity index (χ1) is 11.8. The van der Waals surface area contributed by atoms with Crippen LogP contribution < -0.4 is 0 Å². The van der Waals surface area contributed by atoms with Crippen molar-refractivity contribution in [2.75, 3.05) is 0 Å². The molecule has 1 aromatic carbocycles. The van der Waals surface area contributed by atoms with Gasteiger partial charge in [-0.15, -0.1) is 0 Å². The van der Waals surface area contributed by atoms with E-state index in [1.807, 2.05) is 36.8 Å². The minimum atomic E-state index is -0.657. The first-order valence-corrected chi connectivity index (χ1v) is 7.93. The van der Waals surface area contributed by atoms with Gasteiger partial charge in [-0.05, 0) is 17.7 Å². The van der Waals surface area contributed by atoms with E-state index < -0.39 is 6.10 Å². The van der Waals surface area contributed by atoms with Crippen molar-refractivity contribution in [1.29, 1.82) is 0 Å². The molecular formula is C19H15N3O2. The Bertz CT molecular complexity index is 1030. The average molecular weight is 317 g/mol. The lowest BCUT2D eigenvalue weighted by Gasteiger charge is -2.18. The van der Waals surface area contributed by atoms with Crippen molar-refractivity contribution in [2.24, 2.45) is 0 Å². The van der Waals surface area contributed by atoms with Gasteiger partial charge in [-0.2, -0.15) is 0 Å². The molecule has 4 heterocycles. The van der Waals surface area contributed by atoms with E-state index in [9.17, 15) is 5.11 Å². The van der Waals surface area contributed by atoms with Gasteiger partial charge in [-0.25, -0.2) is 4.98 Å². The van der Waals surface area contributed by atoms with Crippen molar-refractivity contribution in [3.05, 3.63) is 72.6 Å². The number of aromatic nitrogens is 3. The van der Waals surface area contributed by atoms with Gasteiger partial charge in [-0.3, -0.25) is 4.98 Å². The number of furan rings is 1. The summed E-state index contributed by atoms with van der Waals surface area (Å²) in [4.78, 5) is 8.61. The van der Waals surface area contributed by atoms with Crippen LogP contribution in [0.5, 0.6) is 0 Å². The molecule has 1 aliphatic rings. The number of hydrogen-bond donors (Lipinski definition) is 1. The monoisotopic (exact) mass is 317 g/mol. The summed E-state index contributed by atoms with van der Waals surface area (Å²) in [5, 5.41) is 11.7. The largest absolute Gasteiger partial charge is 0.463 e. The highest BCUT2D eigenvalue weighted by Gasteiger charge is 2.30. The van der Waals surface area contributed by atoms with Crippen molar-refractivity contribution >= 4 is 11.0 Å². The Kier molecular flexibility index (Phi) is 2.84. The van der Waals surface area contributed by atoms with Gasteiger partial charge in [0, 0.05) is 17.4 Å². The lowest BCUT2D eigenvalue weighted by atomic mass is 9.97. The summed E-state index contributed by atoms with van der Waals surface area (Å²) in [7, 11) is 0. The molecule has 0 radical (unpaired) electrons. The summed E-state index contributed by atoms with van der Waals surface area (Å²) in [5.74, 6) is 0. The smallest absolute Gasteiger partial charge is 0.152 e. The zero-order chi connectivity index (χ0) is 16.1. The Balaban J connectivity index is 1.51. The number of rotatable bonds is 3. The summed E-state index contributed by atoms with van der Waals surface area (Å²) >= 11 is 0. The predicted molar refractivity (Wildman–Crippen MR) is 89.4 cm³/mol. The molecule has 1 N–H and O–H groups in total. The number of aliphatic hydroxyl groups excluding tert-OH is 1. The van der Waals surface area contributed by atoms with Crippen molar-refractivity contribution in [3.63, 3.8) is 0 Å². The first kappa shape index (κ1) is 13.5. The van der Waals surface area contributed by atoms with Crippen LogP contribution in [0.3, 0.4) is 0 Å². The molecule has 1 aliphatic heterocycles. The Hall–Kier alpha value is -2.92. The van der Waals surface area contributed by atoms with E-state index in [1.165, 1.54) is 11.1 Å². The molecule has 5 rings (SSSR count). The number of benzene rings is 1. The quantitative estimate of drug-likeness (QED) is 0.625. The molecule has 2 unspecified atom stereocenters. The molecule has 5 nitrogen and oxygen atoms in total. The van der Waals surface area contributed by atoms with Gasteiger partial charge >= 0.3 is 0 Å². The van der Waals surface area contributed by atoms with E-state index >= 15 is 0 Å². The van der Waals surface area contributed by atoms with Crippen molar-refractivity contribution in [3.8, 4) is 11.3 Å². The van der Waals surface area contributed by atoms with Gasteiger partial charge < -0.3 is 14.1 Å². The number of hydrogen-bond acceptors (Lipinski definition) is 4. The van der Waals surface area contributed by atoms with Crippen LogP contribution in [0, 0.1) is 0 Å². The van der Waals surface area contributed by atoms with Crippen LogP contribution in [0.25, 0.3) is 22.2 Å². The minimum absolute atomic E-state index is 0.0653. The molecule has 118 valence electrons. The maximum atomic E-state index is 10.7. The molecule has 24 heavy (non-hydrogen) atoms. The summed E-state index contributed by atoms with van der Waals surface area (Å²) < 4.78 is 7.44. The Morgan fingerprint density at radius 1 is 1.21 bits per heavy atom. The Morgan fingerprint density at radius 2 is 2.12 bits per heavy atom. The fourth-order valence-corrected chi connectivity index (χ4v) is 3.57. The van der Waals surface area contributed by atoms with E-state index in [4.69, 9.17) is 4.42 Å². The van der Waals surface area contributed by atoms with Crippen LogP contribution in [0.4, 0.5) is 0 Å². The standard InChI is InChI=1S/C19H15N3O2/c23-18(15-7-12-5-6-24-19(12)10-21-15)8-16-13-3-1-2-4-14(13)17-9-20-11-22(16)17/h1-7,9-11,16,18,23H,8H2. The molecular weight excluding hydrogens is 302 g/mol. The normalized spacial score (nSPS) is 17.0. The van der Waals surface area contributed by atoms with Crippen LogP contribution in [-0.2, 0) is 0 Å². The van der Waals surface area contributed by atoms with Gasteiger partial charge in [-0.1, -0.05) is 24.3 Å². The molecule has 0 fully saturated rings. The van der Waals surface area contributed by atoms with Crippen LogP contribution in [0.2, 0.25) is 0 Å². The lowest BCUT2D eigenvalue weighted by Crippen LogP contribution is -2.11. The molecule has 0 saturated carbocycles. The molecule has 5 heteroatoms. The Labute approximate surface area is 138 Å². The highest BCUT2D eigenvalue weighted by atomic mass is 16.3. The summed E-state index contributed by atoms with van der Waals surface area (Å²) in [5.41, 5.74) is 4.90. The predicted octanol–water partition coefficient (Wildman–Crippen LogP) is 3.72. The second-order valence-electron chi connectivity index (χ2n) is 6.11. The minimum Gasteiger partial charge on any atom is -0.463 e. The third kappa shape index (κ3) is 1.91. The fraction of sp³-hybridized carbons (Fsp3) is 0.158. The van der Waals surface area contributed by atoms with Crippen LogP contribution in [0.15, 0.2) is 65.8 Å². The van der Waals surface area contributed by atoms with Crippen LogP contribution >= 0.6 is 0 Å². The molecule has 0 aliphatic carbocycles. The summed E-state index contributed by atoms with van der Waals surface area (Å²) in [6.45, 7) is 0. The summed E-state index contributed by atoms with van der Waals surface area (Å²) in [6, 6.07) is 12.1. The fourth-order valence-electron chi connectivity index (χ4n) is 3.57. The van der Waals surface area contributed by atoms with Gasteiger partial charge in [0.15, 0.2) is 5.58 Å². The molecule has 0 spiro atoms. The number of imidazole rings is 1. The topological polar surface area (TPSA) is 64.1 Å². The van der Waals surface area contributed by atoms with Gasteiger partial charge in [0.1, 0.15) is 0 Å². The van der Waals surface area contributed by atoms with E-state index in [0.717, 1.165) is 16.7 Å². The van der Waals surface area contributed by atoms with Crippen molar-refractivity contribution in [2.45, 2.75) is 18.6 Å². The third-order valence-electron chi connectivity index (χ3n) is 4.75. The number of aliphatic hydroxyl groups is 1. The number of fused-ring (bicyclic) bond motifs is 4. The lowest BCUT2D eigenvalue weighted by molar-refractivity contribution is 0.149. The highest BCUT2D eigenvalue weighted by Crippen LogP contribution is 2.42.